The van der Waals surface area contributed by atoms with Crippen LogP contribution in [0.15, 0.2) is 78.5 Å². The first-order valence-electron chi connectivity index (χ1n) is 11.3. The Hall–Kier alpha value is -3.05. The smallest absolute Gasteiger partial charge is 0.138 e. The van der Waals surface area contributed by atoms with E-state index >= 15 is 0 Å². The highest BCUT2D eigenvalue weighted by molar-refractivity contribution is 5.79. The number of carbonyl (C=O) groups is 1. The van der Waals surface area contributed by atoms with Gasteiger partial charge in [0, 0.05) is 24.2 Å². The minimum atomic E-state index is -2.16. The first kappa shape index (κ1) is 22.2. The highest BCUT2D eigenvalue weighted by atomic mass is 16.5. The molecule has 0 radical (unpaired) electrons. The maximum atomic E-state index is 12.2. The highest BCUT2D eigenvalue weighted by Crippen LogP contribution is 2.46. The van der Waals surface area contributed by atoms with Gasteiger partial charge < -0.3 is 24.6 Å². The van der Waals surface area contributed by atoms with E-state index in [1.165, 1.54) is 19.3 Å². The van der Waals surface area contributed by atoms with Crippen molar-refractivity contribution < 1.29 is 19.7 Å². The molecule has 0 saturated carbocycles. The molecule has 5 heteroatoms. The van der Waals surface area contributed by atoms with Crippen LogP contribution in [0.25, 0.3) is 0 Å². The number of aliphatic hydroxyl groups is 1. The van der Waals surface area contributed by atoms with E-state index in [4.69, 9.17) is 4.74 Å². The summed E-state index contributed by atoms with van der Waals surface area (Å²) in [6.45, 7) is 4.21. The molecule has 2 aromatic carbocycles. The predicted octanol–water partition coefficient (Wildman–Crippen LogP) is 3.54. The third-order valence-electron chi connectivity index (χ3n) is 6.72. The van der Waals surface area contributed by atoms with Gasteiger partial charge in [-0.1, -0.05) is 61.5 Å². The fraction of sp³-hybridized carbons (Fsp3) is 0.370. The van der Waals surface area contributed by atoms with Crippen LogP contribution in [0.3, 0.4) is 0 Å². The lowest BCUT2D eigenvalue weighted by Crippen LogP contribution is -2.55. The number of aliphatic carboxylic acids is 1. The van der Waals surface area contributed by atoms with Gasteiger partial charge in [0.2, 0.25) is 0 Å². The Balaban J connectivity index is 1.51. The molecule has 0 spiro atoms. The van der Waals surface area contributed by atoms with Gasteiger partial charge in [0.1, 0.15) is 18.0 Å². The zero-order valence-electron chi connectivity index (χ0n) is 18.5. The van der Waals surface area contributed by atoms with Crippen LogP contribution in [0, 0.1) is 5.41 Å². The van der Waals surface area contributed by atoms with Crippen molar-refractivity contribution in [1.82, 2.24) is 4.90 Å². The summed E-state index contributed by atoms with van der Waals surface area (Å²) in [7, 11) is 0. The van der Waals surface area contributed by atoms with E-state index in [-0.39, 0.29) is 5.56 Å². The highest BCUT2D eigenvalue weighted by Gasteiger charge is 2.48. The summed E-state index contributed by atoms with van der Waals surface area (Å²) in [5.41, 5.74) is -0.763. The van der Waals surface area contributed by atoms with Crippen molar-refractivity contribution >= 4 is 5.97 Å². The summed E-state index contributed by atoms with van der Waals surface area (Å²) < 4.78 is 5.80. The lowest BCUT2D eigenvalue weighted by Gasteiger charge is -2.46. The summed E-state index contributed by atoms with van der Waals surface area (Å²) in [5, 5.41) is 23.7. The molecule has 1 N–H and O–H groups in total. The monoisotopic (exact) mass is 432 g/mol. The number of carbonyl (C=O) groups excluding carboxylic acids is 1. The molecule has 2 atom stereocenters. The topological polar surface area (TPSA) is 72.8 Å². The Morgan fingerprint density at radius 3 is 2.38 bits per heavy atom. The Morgan fingerprint density at radius 1 is 1.09 bits per heavy atom. The lowest BCUT2D eigenvalue weighted by molar-refractivity contribution is -0.333. The van der Waals surface area contributed by atoms with Crippen molar-refractivity contribution in [1.29, 1.82) is 0 Å². The van der Waals surface area contributed by atoms with E-state index in [9.17, 15) is 15.0 Å². The minimum absolute atomic E-state index is 0.284. The van der Waals surface area contributed by atoms with Crippen LogP contribution >= 0.6 is 0 Å². The van der Waals surface area contributed by atoms with E-state index in [1.54, 1.807) is 31.2 Å². The van der Waals surface area contributed by atoms with Gasteiger partial charge in [-0.25, -0.2) is 0 Å². The number of carboxylic acids is 1. The number of ether oxygens (including phenoxy) is 1. The number of likely N-dealkylation sites (tertiary alicyclic amines) is 1. The van der Waals surface area contributed by atoms with E-state index < -0.39 is 17.0 Å². The van der Waals surface area contributed by atoms with Crippen LogP contribution in [0.4, 0.5) is 0 Å². The van der Waals surface area contributed by atoms with Crippen molar-refractivity contribution in [2.45, 2.75) is 44.8 Å². The molecule has 4 rings (SSSR count). The van der Waals surface area contributed by atoms with Gasteiger partial charge in [-0.15, -0.1) is 0 Å². The van der Waals surface area contributed by atoms with Gasteiger partial charge in [0.25, 0.3) is 0 Å². The molecule has 168 valence electrons. The zero-order chi connectivity index (χ0) is 22.6. The van der Waals surface area contributed by atoms with Crippen LogP contribution in [0.1, 0.15) is 43.7 Å². The third-order valence-corrected chi connectivity index (χ3v) is 6.72. The van der Waals surface area contributed by atoms with Crippen molar-refractivity contribution in [3.05, 3.63) is 89.6 Å². The summed E-state index contributed by atoms with van der Waals surface area (Å²) in [6, 6.07) is 16.4. The summed E-state index contributed by atoms with van der Waals surface area (Å²) in [6.07, 6.45) is 9.81. The normalized spacial score (nSPS) is 22.7. The summed E-state index contributed by atoms with van der Waals surface area (Å²) in [5.74, 6) is -0.896. The standard InChI is InChI=1S/C27H31NO4/c1-26(16-14-23(15-17-26)28-18-6-3-7-19-28)27(31,25(29)30)22-10-12-24(13-11-22)32-20-21-8-4-2-5-9-21/h2,4-5,8-16,31H,3,6-7,17-20H2,1H3,(H,29,30)/p-1. The summed E-state index contributed by atoms with van der Waals surface area (Å²) >= 11 is 0. The average Bonchev–Trinajstić information content (AvgIpc) is 2.84. The van der Waals surface area contributed by atoms with Gasteiger partial charge in [0.15, 0.2) is 0 Å². The number of piperidine rings is 1. The molecule has 0 bridgehead atoms. The Bertz CT molecular complexity index is 992. The molecule has 1 heterocycles. The SMILES string of the molecule is CC1(C(O)(C(=O)[O-])c2ccc(OCc3ccccc3)cc2)C=CC(N2CCCCC2)=CC1. The van der Waals surface area contributed by atoms with E-state index in [2.05, 4.69) is 4.90 Å². The maximum Gasteiger partial charge on any atom is 0.138 e. The third kappa shape index (κ3) is 4.30. The lowest BCUT2D eigenvalue weighted by atomic mass is 9.66. The van der Waals surface area contributed by atoms with Crippen LogP contribution in [-0.2, 0) is 17.0 Å². The van der Waals surface area contributed by atoms with Gasteiger partial charge in [0.05, 0.1) is 5.97 Å². The molecule has 1 aliphatic heterocycles. The quantitative estimate of drug-likeness (QED) is 0.725. The molecule has 0 amide bonds. The molecule has 1 saturated heterocycles. The van der Waals surface area contributed by atoms with E-state index in [0.29, 0.717) is 18.8 Å². The number of benzene rings is 2. The molecule has 2 aliphatic rings. The van der Waals surface area contributed by atoms with Gasteiger partial charge in [-0.2, -0.15) is 0 Å². The molecule has 5 nitrogen and oxygen atoms in total. The average molecular weight is 433 g/mol. The largest absolute Gasteiger partial charge is 0.547 e. The Kier molecular flexibility index (Phi) is 6.38. The van der Waals surface area contributed by atoms with Crippen LogP contribution in [0.2, 0.25) is 0 Å². The second-order valence-corrected chi connectivity index (χ2v) is 8.93. The first-order chi connectivity index (χ1) is 15.4. The van der Waals surface area contributed by atoms with Crippen molar-refractivity contribution in [2.24, 2.45) is 5.41 Å². The number of carboxylic acid groups (broad SMARTS) is 1. The van der Waals surface area contributed by atoms with E-state index in [0.717, 1.165) is 24.4 Å². The molecule has 2 unspecified atom stereocenters. The molecular formula is C27H30NO4-. The Morgan fingerprint density at radius 2 is 1.78 bits per heavy atom. The minimum Gasteiger partial charge on any atom is -0.547 e. The fourth-order valence-electron chi connectivity index (χ4n) is 4.59. The summed E-state index contributed by atoms with van der Waals surface area (Å²) in [4.78, 5) is 14.6. The van der Waals surface area contributed by atoms with Crippen molar-refractivity contribution in [2.75, 3.05) is 13.1 Å². The number of rotatable bonds is 7. The number of hydrogen-bond acceptors (Lipinski definition) is 5. The zero-order valence-corrected chi connectivity index (χ0v) is 18.5. The molecule has 32 heavy (non-hydrogen) atoms. The number of hydrogen-bond donors (Lipinski definition) is 1. The molecular weight excluding hydrogens is 402 g/mol. The second-order valence-electron chi connectivity index (χ2n) is 8.93. The fourth-order valence-corrected chi connectivity index (χ4v) is 4.59. The van der Waals surface area contributed by atoms with Crippen LogP contribution in [0.5, 0.6) is 5.75 Å². The Labute approximate surface area is 189 Å². The van der Waals surface area contributed by atoms with Crippen LogP contribution in [-0.4, -0.2) is 29.1 Å². The predicted molar refractivity (Wildman–Crippen MR) is 121 cm³/mol. The van der Waals surface area contributed by atoms with E-state index in [1.807, 2.05) is 48.6 Å². The van der Waals surface area contributed by atoms with Crippen molar-refractivity contribution in [3.63, 3.8) is 0 Å². The van der Waals surface area contributed by atoms with Crippen LogP contribution < -0.4 is 9.84 Å². The van der Waals surface area contributed by atoms with Gasteiger partial charge in [-0.05, 0) is 55.0 Å². The molecule has 1 aliphatic carbocycles. The second kappa shape index (κ2) is 9.21. The first-order valence-corrected chi connectivity index (χ1v) is 11.3. The van der Waals surface area contributed by atoms with Gasteiger partial charge in [-0.3, -0.25) is 0 Å². The maximum absolute atomic E-state index is 12.2. The molecule has 0 aromatic heterocycles. The molecule has 1 fully saturated rings. The molecule has 2 aromatic rings. The van der Waals surface area contributed by atoms with Gasteiger partial charge >= 0.3 is 0 Å². The number of nitrogens with zero attached hydrogens (tertiary/aromatic N) is 1. The number of allylic oxidation sites excluding steroid dienone is 2. The van der Waals surface area contributed by atoms with Crippen molar-refractivity contribution in [3.8, 4) is 5.75 Å².